The number of benzene rings is 2. The molecule has 0 unspecified atom stereocenters. The molecule has 0 aliphatic heterocycles. The summed E-state index contributed by atoms with van der Waals surface area (Å²) in [7, 11) is 1.68. The Morgan fingerprint density at radius 2 is 1.83 bits per heavy atom. The Balaban J connectivity index is 2.07. The minimum Gasteiger partial charge on any atom is -0.477 e. The van der Waals surface area contributed by atoms with Gasteiger partial charge in [0.2, 0.25) is 0 Å². The average molecular weight is 421 g/mol. The zero-order chi connectivity index (χ0) is 21.8. The molecule has 1 N–H and O–H groups in total. The number of hydrogen-bond acceptors (Lipinski definition) is 3. The van der Waals surface area contributed by atoms with E-state index in [-0.39, 0.29) is 11.5 Å². The number of rotatable bonds is 7. The normalized spacial score (nSPS) is 10.6. The third-order valence-corrected chi connectivity index (χ3v) is 5.35. The summed E-state index contributed by atoms with van der Waals surface area (Å²) >= 11 is 5.97. The molecule has 30 heavy (non-hydrogen) atoms. The standard InChI is InChI=1S/C24H21ClN2O3/c1-3-4-8-20-19(14-26)21(22(24(29)30)27(20)2)15-9-11-16(12-10-15)23(28)17-6-5-7-18(25)13-17/h5-7,9-13H,3-4,8H2,1-2H3,(H,29,30). The molecule has 1 aromatic heterocycles. The number of hydrogen-bond donors (Lipinski definition) is 1. The maximum atomic E-state index is 12.7. The number of unbranched alkanes of at least 4 members (excludes halogenated alkanes) is 1. The number of ketones is 1. The summed E-state index contributed by atoms with van der Waals surface area (Å²) in [5.74, 6) is -1.27. The van der Waals surface area contributed by atoms with Crippen LogP contribution in [0.5, 0.6) is 0 Å². The molecule has 0 radical (unpaired) electrons. The molecule has 152 valence electrons. The molecule has 2 aromatic carbocycles. The van der Waals surface area contributed by atoms with Crippen molar-refractivity contribution >= 4 is 23.4 Å². The fraction of sp³-hybridized carbons (Fsp3) is 0.208. The highest BCUT2D eigenvalue weighted by atomic mass is 35.5. The Morgan fingerprint density at radius 1 is 1.13 bits per heavy atom. The minimum atomic E-state index is -1.09. The van der Waals surface area contributed by atoms with Gasteiger partial charge in [-0.15, -0.1) is 0 Å². The van der Waals surface area contributed by atoms with Crippen LogP contribution < -0.4 is 0 Å². The van der Waals surface area contributed by atoms with E-state index in [1.54, 1.807) is 60.1 Å². The zero-order valence-corrected chi connectivity index (χ0v) is 17.5. The first kappa shape index (κ1) is 21.4. The largest absolute Gasteiger partial charge is 0.477 e. The molecule has 3 rings (SSSR count). The van der Waals surface area contributed by atoms with Gasteiger partial charge in [-0.1, -0.05) is 61.3 Å². The second-order valence-electron chi connectivity index (χ2n) is 7.04. The lowest BCUT2D eigenvalue weighted by atomic mass is 9.96. The van der Waals surface area contributed by atoms with E-state index in [1.807, 2.05) is 6.92 Å². The van der Waals surface area contributed by atoms with Gasteiger partial charge in [0.25, 0.3) is 0 Å². The highest BCUT2D eigenvalue weighted by molar-refractivity contribution is 6.31. The van der Waals surface area contributed by atoms with E-state index < -0.39 is 5.97 Å². The zero-order valence-electron chi connectivity index (χ0n) is 16.8. The van der Waals surface area contributed by atoms with Crippen LogP contribution in [0.15, 0.2) is 48.5 Å². The number of carbonyl (C=O) groups is 2. The predicted molar refractivity (Wildman–Crippen MR) is 116 cm³/mol. The van der Waals surface area contributed by atoms with Crippen LogP contribution in [0.2, 0.25) is 5.02 Å². The first-order chi connectivity index (χ1) is 14.4. The average Bonchev–Trinajstić information content (AvgIpc) is 3.03. The molecule has 6 heteroatoms. The van der Waals surface area contributed by atoms with E-state index in [1.165, 1.54) is 0 Å². The minimum absolute atomic E-state index is 0.0755. The van der Waals surface area contributed by atoms with Crippen molar-refractivity contribution in [3.8, 4) is 17.2 Å². The van der Waals surface area contributed by atoms with Crippen LogP contribution in [0.4, 0.5) is 0 Å². The quantitative estimate of drug-likeness (QED) is 0.512. The van der Waals surface area contributed by atoms with Gasteiger partial charge in [-0.25, -0.2) is 4.79 Å². The topological polar surface area (TPSA) is 83.1 Å². The summed E-state index contributed by atoms with van der Waals surface area (Å²) in [5.41, 5.74) is 3.07. The third-order valence-electron chi connectivity index (χ3n) is 5.12. The Bertz CT molecular complexity index is 1150. The van der Waals surface area contributed by atoms with Crippen LogP contribution in [-0.4, -0.2) is 21.4 Å². The smallest absolute Gasteiger partial charge is 0.353 e. The first-order valence-electron chi connectivity index (χ1n) is 9.64. The Morgan fingerprint density at radius 3 is 2.40 bits per heavy atom. The van der Waals surface area contributed by atoms with Gasteiger partial charge in [-0.2, -0.15) is 5.26 Å². The van der Waals surface area contributed by atoms with Crippen molar-refractivity contribution in [1.29, 1.82) is 5.26 Å². The van der Waals surface area contributed by atoms with Crippen LogP contribution in [0, 0.1) is 11.3 Å². The molecule has 0 saturated heterocycles. The number of halogens is 1. The lowest BCUT2D eigenvalue weighted by Crippen LogP contribution is -2.08. The number of carboxylic acids is 1. The molecule has 0 aliphatic rings. The van der Waals surface area contributed by atoms with Crippen molar-refractivity contribution in [3.05, 3.63) is 81.6 Å². The van der Waals surface area contributed by atoms with Crippen molar-refractivity contribution in [1.82, 2.24) is 4.57 Å². The number of nitrogens with zero attached hydrogens (tertiary/aromatic N) is 2. The summed E-state index contributed by atoms with van der Waals surface area (Å²) in [5, 5.41) is 20.0. The molecule has 1 heterocycles. The molecule has 0 amide bonds. The molecule has 0 saturated carbocycles. The highest BCUT2D eigenvalue weighted by Gasteiger charge is 2.26. The van der Waals surface area contributed by atoms with E-state index >= 15 is 0 Å². The van der Waals surface area contributed by atoms with Gasteiger partial charge in [0, 0.05) is 34.5 Å². The van der Waals surface area contributed by atoms with Gasteiger partial charge in [-0.3, -0.25) is 4.79 Å². The molecular formula is C24H21ClN2O3. The second-order valence-corrected chi connectivity index (χ2v) is 7.48. The van der Waals surface area contributed by atoms with E-state index in [4.69, 9.17) is 11.6 Å². The van der Waals surface area contributed by atoms with E-state index in [9.17, 15) is 20.0 Å². The number of carbonyl (C=O) groups excluding carboxylic acids is 1. The van der Waals surface area contributed by atoms with Crippen LogP contribution >= 0.6 is 11.6 Å². The van der Waals surface area contributed by atoms with Gasteiger partial charge in [0.15, 0.2) is 5.78 Å². The van der Waals surface area contributed by atoms with Crippen molar-refractivity contribution in [3.63, 3.8) is 0 Å². The number of aromatic nitrogens is 1. The summed E-state index contributed by atoms with van der Waals surface area (Å²) in [6.07, 6.45) is 2.42. The highest BCUT2D eigenvalue weighted by Crippen LogP contribution is 2.33. The lowest BCUT2D eigenvalue weighted by molar-refractivity contribution is 0.0687. The number of nitriles is 1. The Labute approximate surface area is 180 Å². The number of aromatic carboxylic acids is 1. The molecule has 0 spiro atoms. The third kappa shape index (κ3) is 4.00. The summed E-state index contributed by atoms with van der Waals surface area (Å²) in [4.78, 5) is 24.7. The molecule has 0 fully saturated rings. The molecule has 3 aromatic rings. The van der Waals surface area contributed by atoms with Gasteiger partial charge >= 0.3 is 5.97 Å². The summed E-state index contributed by atoms with van der Waals surface area (Å²) in [6.45, 7) is 2.05. The molecule has 0 bridgehead atoms. The van der Waals surface area contributed by atoms with Crippen molar-refractivity contribution in [2.24, 2.45) is 7.05 Å². The maximum absolute atomic E-state index is 12.7. The number of carboxylic acid groups (broad SMARTS) is 1. The van der Waals surface area contributed by atoms with Crippen molar-refractivity contribution in [2.75, 3.05) is 0 Å². The van der Waals surface area contributed by atoms with Crippen LogP contribution in [0.3, 0.4) is 0 Å². The summed E-state index contributed by atoms with van der Waals surface area (Å²) < 4.78 is 1.59. The van der Waals surface area contributed by atoms with Gasteiger partial charge in [0.1, 0.15) is 11.8 Å². The molecule has 0 aliphatic carbocycles. The van der Waals surface area contributed by atoms with Gasteiger partial charge < -0.3 is 9.67 Å². The van der Waals surface area contributed by atoms with Crippen molar-refractivity contribution in [2.45, 2.75) is 26.2 Å². The van der Waals surface area contributed by atoms with Gasteiger partial charge in [0.05, 0.1) is 5.56 Å². The Hall–Kier alpha value is -3.36. The Kier molecular flexibility index (Phi) is 6.39. The lowest BCUT2D eigenvalue weighted by Gasteiger charge is -2.06. The van der Waals surface area contributed by atoms with Crippen molar-refractivity contribution < 1.29 is 14.7 Å². The first-order valence-corrected chi connectivity index (χ1v) is 10.0. The summed E-state index contributed by atoms with van der Waals surface area (Å²) in [6, 6.07) is 15.5. The molecule has 0 atom stereocenters. The molecular weight excluding hydrogens is 400 g/mol. The van der Waals surface area contributed by atoms with Crippen LogP contribution in [0.25, 0.3) is 11.1 Å². The molecule has 5 nitrogen and oxygen atoms in total. The van der Waals surface area contributed by atoms with Crippen LogP contribution in [0.1, 0.15) is 57.4 Å². The fourth-order valence-corrected chi connectivity index (χ4v) is 3.80. The van der Waals surface area contributed by atoms with Crippen LogP contribution in [-0.2, 0) is 13.5 Å². The monoisotopic (exact) mass is 420 g/mol. The van der Waals surface area contributed by atoms with E-state index in [0.717, 1.165) is 12.8 Å². The van der Waals surface area contributed by atoms with Gasteiger partial charge in [-0.05, 0) is 30.5 Å². The second kappa shape index (κ2) is 8.98. The SMILES string of the molecule is CCCCc1c(C#N)c(-c2ccc(C(=O)c3cccc(Cl)c3)cc2)c(C(=O)O)n1C. The van der Waals surface area contributed by atoms with E-state index in [2.05, 4.69) is 6.07 Å². The fourth-order valence-electron chi connectivity index (χ4n) is 3.61. The maximum Gasteiger partial charge on any atom is 0.353 e. The predicted octanol–water partition coefficient (Wildman–Crippen LogP) is 5.49. The van der Waals surface area contributed by atoms with E-state index in [0.29, 0.717) is 45.0 Å².